The van der Waals surface area contributed by atoms with E-state index in [1.54, 1.807) is 0 Å². The monoisotopic (exact) mass is 297 g/mol. The second-order valence-electron chi connectivity index (χ2n) is 7.01. The summed E-state index contributed by atoms with van der Waals surface area (Å²) in [5.74, 6) is 0.336. The molecule has 2 fully saturated rings. The maximum absolute atomic E-state index is 12.9. The largest absolute Gasteiger partial charge is 0.343 e. The molecule has 116 valence electrons. The van der Waals surface area contributed by atoms with Crippen molar-refractivity contribution in [3.05, 3.63) is 36.5 Å². The van der Waals surface area contributed by atoms with E-state index in [0.29, 0.717) is 11.9 Å². The van der Waals surface area contributed by atoms with Crippen molar-refractivity contribution in [2.24, 2.45) is 5.41 Å². The zero-order valence-electron chi connectivity index (χ0n) is 13.3. The van der Waals surface area contributed by atoms with Crippen molar-refractivity contribution in [2.75, 3.05) is 33.2 Å². The van der Waals surface area contributed by atoms with Crippen LogP contribution in [-0.2, 0) is 4.79 Å². The summed E-state index contributed by atoms with van der Waals surface area (Å²) in [6.07, 6.45) is 3.09. The molecule has 2 heterocycles. The fraction of sp³-hybridized carbons (Fsp3) is 0.500. The third-order valence-electron chi connectivity index (χ3n) is 5.44. The molecule has 1 aromatic carbocycles. The Morgan fingerprint density at radius 2 is 1.86 bits per heavy atom. The zero-order chi connectivity index (χ0) is 15.3. The molecule has 0 spiro atoms. The molecule has 22 heavy (non-hydrogen) atoms. The quantitative estimate of drug-likeness (QED) is 0.851. The number of hydrogen-bond acceptors (Lipinski definition) is 2. The topological polar surface area (TPSA) is 28.5 Å². The molecule has 2 aliphatic rings. The van der Waals surface area contributed by atoms with Crippen LogP contribution in [0.25, 0.3) is 10.9 Å². The van der Waals surface area contributed by atoms with Crippen molar-refractivity contribution in [1.29, 1.82) is 0 Å². The van der Waals surface area contributed by atoms with Gasteiger partial charge in [0.1, 0.15) is 0 Å². The van der Waals surface area contributed by atoms with Crippen molar-refractivity contribution in [1.82, 2.24) is 14.4 Å². The molecule has 0 radical (unpaired) electrons. The van der Waals surface area contributed by atoms with Gasteiger partial charge in [0.05, 0.1) is 5.41 Å². The average Bonchev–Trinajstić information content (AvgIpc) is 3.05. The first-order chi connectivity index (χ1) is 10.6. The number of carbonyl (C=O) groups is 1. The molecule has 1 aliphatic carbocycles. The van der Waals surface area contributed by atoms with E-state index in [-0.39, 0.29) is 5.41 Å². The lowest BCUT2D eigenvalue weighted by Crippen LogP contribution is -2.49. The van der Waals surface area contributed by atoms with Crippen LogP contribution in [0.3, 0.4) is 0 Å². The summed E-state index contributed by atoms with van der Waals surface area (Å²) in [7, 11) is 2.12. The molecule has 4 nitrogen and oxygen atoms in total. The normalized spacial score (nSPS) is 29.0. The first-order valence-corrected chi connectivity index (χ1v) is 8.13. The summed E-state index contributed by atoms with van der Waals surface area (Å²) < 4.78 is 2.29. The van der Waals surface area contributed by atoms with Gasteiger partial charge in [0.25, 0.3) is 0 Å². The van der Waals surface area contributed by atoms with Crippen molar-refractivity contribution in [3.63, 3.8) is 0 Å². The van der Waals surface area contributed by atoms with Crippen LogP contribution in [0, 0.1) is 5.41 Å². The van der Waals surface area contributed by atoms with E-state index in [4.69, 9.17) is 0 Å². The molecule has 1 amide bonds. The highest BCUT2D eigenvalue weighted by Crippen LogP contribution is 2.58. The Bertz CT molecular complexity index is 714. The number of likely N-dealkylation sites (N-methyl/N-ethyl adjacent to an activating group) is 1. The number of aromatic nitrogens is 1. The number of hydrogen-bond donors (Lipinski definition) is 0. The molecule has 2 aromatic rings. The van der Waals surface area contributed by atoms with Crippen LogP contribution in [0.2, 0.25) is 0 Å². The van der Waals surface area contributed by atoms with Crippen LogP contribution in [-0.4, -0.2) is 53.5 Å². The Morgan fingerprint density at radius 3 is 2.64 bits per heavy atom. The van der Waals surface area contributed by atoms with Gasteiger partial charge in [-0.3, -0.25) is 4.79 Å². The number of benzene rings is 1. The van der Waals surface area contributed by atoms with Crippen molar-refractivity contribution >= 4 is 16.8 Å². The second-order valence-corrected chi connectivity index (χ2v) is 7.01. The number of piperazine rings is 1. The van der Waals surface area contributed by atoms with Crippen molar-refractivity contribution in [3.8, 4) is 0 Å². The van der Waals surface area contributed by atoms with Crippen LogP contribution in [0.5, 0.6) is 0 Å². The molecule has 1 saturated carbocycles. The molecule has 1 saturated heterocycles. The van der Waals surface area contributed by atoms with Crippen LogP contribution < -0.4 is 0 Å². The Hall–Kier alpha value is -1.81. The minimum atomic E-state index is -0.225. The van der Waals surface area contributed by atoms with Gasteiger partial charge in [0, 0.05) is 43.9 Å². The highest BCUT2D eigenvalue weighted by molar-refractivity contribution is 5.87. The van der Waals surface area contributed by atoms with Gasteiger partial charge in [-0.1, -0.05) is 18.2 Å². The summed E-state index contributed by atoms with van der Waals surface area (Å²) >= 11 is 0. The van der Waals surface area contributed by atoms with E-state index in [9.17, 15) is 4.79 Å². The maximum atomic E-state index is 12.9. The lowest BCUT2D eigenvalue weighted by molar-refractivity contribution is -0.138. The number of fused-ring (bicyclic) bond motifs is 1. The van der Waals surface area contributed by atoms with Gasteiger partial charge in [-0.05, 0) is 37.9 Å². The number of rotatable bonds is 2. The summed E-state index contributed by atoms with van der Waals surface area (Å²) in [6.45, 7) is 5.83. The first kappa shape index (κ1) is 13.8. The Labute approximate surface area is 131 Å². The zero-order valence-corrected chi connectivity index (χ0v) is 13.3. The summed E-state index contributed by atoms with van der Waals surface area (Å²) in [6, 6.07) is 10.9. The van der Waals surface area contributed by atoms with Gasteiger partial charge in [0.2, 0.25) is 5.91 Å². The van der Waals surface area contributed by atoms with E-state index in [0.717, 1.165) is 32.6 Å². The Balaban J connectivity index is 1.56. The van der Waals surface area contributed by atoms with Crippen LogP contribution >= 0.6 is 0 Å². The summed E-state index contributed by atoms with van der Waals surface area (Å²) in [5, 5.41) is 1.25. The minimum Gasteiger partial charge on any atom is -0.343 e. The number of amides is 1. The summed E-state index contributed by atoms with van der Waals surface area (Å²) in [4.78, 5) is 17.3. The van der Waals surface area contributed by atoms with Gasteiger partial charge < -0.3 is 14.4 Å². The van der Waals surface area contributed by atoms with Gasteiger partial charge in [-0.15, -0.1) is 0 Å². The standard InChI is InChI=1S/C18H23N3O/c1-18(17(22)20-11-9-19(2)10-12-20)13-16(18)21-8-7-14-5-3-4-6-15(14)21/h3-8,16H,9-13H2,1-2H3/t16-,18+/m1/s1. The second kappa shape index (κ2) is 4.85. The van der Waals surface area contributed by atoms with E-state index < -0.39 is 0 Å². The van der Waals surface area contributed by atoms with Crippen LogP contribution in [0.15, 0.2) is 36.5 Å². The molecule has 1 aliphatic heterocycles. The van der Waals surface area contributed by atoms with Gasteiger partial charge in [-0.2, -0.15) is 0 Å². The maximum Gasteiger partial charge on any atom is 0.230 e. The van der Waals surface area contributed by atoms with E-state index in [1.807, 2.05) is 0 Å². The molecule has 0 bridgehead atoms. The fourth-order valence-corrected chi connectivity index (χ4v) is 3.72. The van der Waals surface area contributed by atoms with Crippen molar-refractivity contribution < 1.29 is 4.79 Å². The smallest absolute Gasteiger partial charge is 0.230 e. The highest BCUT2D eigenvalue weighted by Gasteiger charge is 2.58. The Kier molecular flexibility index (Phi) is 3.05. The van der Waals surface area contributed by atoms with E-state index >= 15 is 0 Å². The Morgan fingerprint density at radius 1 is 1.14 bits per heavy atom. The number of para-hydroxylation sites is 1. The van der Waals surface area contributed by atoms with Crippen LogP contribution in [0.1, 0.15) is 19.4 Å². The number of carbonyl (C=O) groups excluding carboxylic acids is 1. The van der Waals surface area contributed by atoms with Crippen molar-refractivity contribution in [2.45, 2.75) is 19.4 Å². The summed E-state index contributed by atoms with van der Waals surface area (Å²) in [5.41, 5.74) is 1.01. The van der Waals surface area contributed by atoms with E-state index in [1.165, 1.54) is 10.9 Å². The minimum absolute atomic E-state index is 0.225. The highest BCUT2D eigenvalue weighted by atomic mass is 16.2. The van der Waals surface area contributed by atoms with E-state index in [2.05, 4.69) is 64.9 Å². The molecule has 4 heteroatoms. The lowest BCUT2D eigenvalue weighted by atomic mass is 10.1. The van der Waals surface area contributed by atoms with Gasteiger partial charge >= 0.3 is 0 Å². The molecular formula is C18H23N3O. The molecular weight excluding hydrogens is 274 g/mol. The SMILES string of the molecule is CN1CCN(C(=O)[C@@]2(C)C[C@H]2n2ccc3ccccc32)CC1. The molecule has 0 N–H and O–H groups in total. The predicted octanol–water partition coefficient (Wildman–Crippen LogP) is 2.37. The molecule has 4 rings (SSSR count). The third-order valence-corrected chi connectivity index (χ3v) is 5.44. The molecule has 2 atom stereocenters. The lowest BCUT2D eigenvalue weighted by Gasteiger charge is -2.34. The molecule has 1 aromatic heterocycles. The van der Waals surface area contributed by atoms with Crippen LogP contribution in [0.4, 0.5) is 0 Å². The van der Waals surface area contributed by atoms with Gasteiger partial charge in [-0.25, -0.2) is 0 Å². The molecule has 0 unspecified atom stereocenters. The average molecular weight is 297 g/mol. The van der Waals surface area contributed by atoms with Gasteiger partial charge in [0.15, 0.2) is 0 Å². The third kappa shape index (κ3) is 2.05. The number of nitrogens with zero attached hydrogens (tertiary/aromatic N) is 3. The fourth-order valence-electron chi connectivity index (χ4n) is 3.72. The predicted molar refractivity (Wildman–Crippen MR) is 87.8 cm³/mol. The first-order valence-electron chi connectivity index (χ1n) is 8.13.